The maximum Gasteiger partial charge on any atom is 0.330 e. The molecule has 2 saturated heterocycles. The number of benzene rings is 3. The normalized spacial score (nSPS) is 23.0. The van der Waals surface area contributed by atoms with Crippen LogP contribution in [0.4, 0.5) is 0 Å². The van der Waals surface area contributed by atoms with Crippen molar-refractivity contribution in [3.05, 3.63) is 89.0 Å². The van der Waals surface area contributed by atoms with Crippen molar-refractivity contribution >= 4 is 23.9 Å². The second-order valence-electron chi connectivity index (χ2n) is 10.8. The number of Topliss-reactive ketones (excluding diaryl/α,β-unsaturated/α-hetero) is 1. The van der Waals surface area contributed by atoms with Gasteiger partial charge in [0.1, 0.15) is 17.8 Å². The number of cyclic esters (lactones) is 2. The maximum atomic E-state index is 14.5. The molecule has 3 aliphatic heterocycles. The quantitative estimate of drug-likeness (QED) is 0.244. The molecule has 0 aliphatic carbocycles. The van der Waals surface area contributed by atoms with Crippen LogP contribution in [0.3, 0.4) is 0 Å². The number of rotatable bonds is 6. The molecule has 3 aliphatic rings. The second-order valence-corrected chi connectivity index (χ2v) is 10.8. The SMILES string of the molecule is COc1ccc(C(=O)[C@H]2[C@H](c3ccc(OC)c(OC)c3)C3(C(=O)OC(C)(C)OC3=O)[C@@H]3c4ccccc4C=NN32)cc1. The van der Waals surface area contributed by atoms with Gasteiger partial charge in [0, 0.05) is 25.3 Å². The first-order valence-corrected chi connectivity index (χ1v) is 13.4. The zero-order chi connectivity index (χ0) is 29.8. The molecule has 42 heavy (non-hydrogen) atoms. The molecule has 6 rings (SSSR count). The Labute approximate surface area is 242 Å². The average molecular weight is 571 g/mol. The molecular formula is C32H30N2O8. The van der Waals surface area contributed by atoms with Gasteiger partial charge < -0.3 is 23.7 Å². The summed E-state index contributed by atoms with van der Waals surface area (Å²) in [7, 11) is 4.53. The van der Waals surface area contributed by atoms with Crippen LogP contribution in [0.1, 0.15) is 52.9 Å². The third kappa shape index (κ3) is 3.93. The summed E-state index contributed by atoms with van der Waals surface area (Å²) in [5.74, 6) is -3.13. The lowest BCUT2D eigenvalue weighted by Crippen LogP contribution is -2.58. The molecule has 3 aromatic carbocycles. The van der Waals surface area contributed by atoms with Crippen LogP contribution in [0.15, 0.2) is 71.8 Å². The van der Waals surface area contributed by atoms with E-state index in [9.17, 15) is 14.4 Å². The summed E-state index contributed by atoms with van der Waals surface area (Å²) in [4.78, 5) is 43.3. The predicted molar refractivity (Wildman–Crippen MR) is 151 cm³/mol. The molecule has 10 heteroatoms. The zero-order valence-electron chi connectivity index (χ0n) is 23.8. The van der Waals surface area contributed by atoms with Crippen LogP contribution in [-0.2, 0) is 19.1 Å². The predicted octanol–water partition coefficient (Wildman–Crippen LogP) is 4.27. The third-order valence-corrected chi connectivity index (χ3v) is 8.17. The lowest BCUT2D eigenvalue weighted by molar-refractivity contribution is -0.254. The van der Waals surface area contributed by atoms with Gasteiger partial charge in [-0.3, -0.25) is 19.4 Å². The van der Waals surface area contributed by atoms with Gasteiger partial charge in [-0.1, -0.05) is 30.3 Å². The summed E-state index contributed by atoms with van der Waals surface area (Å²) < 4.78 is 27.9. The molecule has 3 aromatic rings. The summed E-state index contributed by atoms with van der Waals surface area (Å²) >= 11 is 0. The van der Waals surface area contributed by atoms with Crippen LogP contribution >= 0.6 is 0 Å². The van der Waals surface area contributed by atoms with Crippen LogP contribution in [0.25, 0.3) is 0 Å². The van der Waals surface area contributed by atoms with E-state index in [1.54, 1.807) is 53.7 Å². The first-order chi connectivity index (χ1) is 20.2. The molecule has 0 N–H and O–H groups in total. The van der Waals surface area contributed by atoms with Crippen molar-refractivity contribution in [1.82, 2.24) is 5.01 Å². The second kappa shape index (κ2) is 9.90. The highest BCUT2D eigenvalue weighted by Gasteiger charge is 2.75. The summed E-state index contributed by atoms with van der Waals surface area (Å²) in [6, 6.07) is 17.0. The number of carbonyl (C=O) groups is 3. The molecule has 2 fully saturated rings. The average Bonchev–Trinajstić information content (AvgIpc) is 3.31. The van der Waals surface area contributed by atoms with E-state index in [4.69, 9.17) is 28.8 Å². The molecule has 0 unspecified atom stereocenters. The smallest absolute Gasteiger partial charge is 0.330 e. The van der Waals surface area contributed by atoms with Gasteiger partial charge in [0.2, 0.25) is 5.41 Å². The number of ketones is 1. The minimum Gasteiger partial charge on any atom is -0.497 e. The van der Waals surface area contributed by atoms with Gasteiger partial charge in [-0.2, -0.15) is 5.10 Å². The van der Waals surface area contributed by atoms with Crippen molar-refractivity contribution in [2.75, 3.05) is 21.3 Å². The van der Waals surface area contributed by atoms with E-state index < -0.39 is 41.1 Å². The van der Waals surface area contributed by atoms with Gasteiger partial charge in [-0.15, -0.1) is 0 Å². The van der Waals surface area contributed by atoms with Crippen LogP contribution in [-0.4, -0.2) is 62.1 Å². The number of ether oxygens (including phenoxy) is 5. The fourth-order valence-electron chi connectivity index (χ4n) is 6.36. The molecular weight excluding hydrogens is 540 g/mol. The number of hydrogen-bond donors (Lipinski definition) is 0. The highest BCUT2D eigenvalue weighted by molar-refractivity contribution is 6.09. The lowest BCUT2D eigenvalue weighted by Gasteiger charge is -2.44. The number of methoxy groups -OCH3 is 3. The number of esters is 2. The summed E-state index contributed by atoms with van der Waals surface area (Å²) in [6.07, 6.45) is 1.63. The van der Waals surface area contributed by atoms with Gasteiger partial charge in [-0.05, 0) is 53.1 Å². The molecule has 0 radical (unpaired) electrons. The molecule has 0 aromatic heterocycles. The van der Waals surface area contributed by atoms with E-state index in [-0.39, 0.29) is 5.78 Å². The van der Waals surface area contributed by atoms with Gasteiger partial charge >= 0.3 is 11.9 Å². The third-order valence-electron chi connectivity index (χ3n) is 8.17. The van der Waals surface area contributed by atoms with Crippen LogP contribution < -0.4 is 14.2 Å². The first-order valence-electron chi connectivity index (χ1n) is 13.4. The van der Waals surface area contributed by atoms with Crippen molar-refractivity contribution in [3.63, 3.8) is 0 Å². The Morgan fingerprint density at radius 3 is 2.17 bits per heavy atom. The van der Waals surface area contributed by atoms with E-state index >= 15 is 0 Å². The fraction of sp³-hybridized carbons (Fsp3) is 0.312. The van der Waals surface area contributed by atoms with Crippen molar-refractivity contribution in [1.29, 1.82) is 0 Å². The standard InChI is InChI=1S/C32H30N2O8/c1-31(2)41-29(36)32(30(37)42-31)25(19-12-15-23(39-4)24(16-19)40-5)26(27(35)18-10-13-21(38-3)14-11-18)34-28(32)22-9-7-6-8-20(22)17-33-34/h6-17,25-26,28H,1-5H3/t25-,26+,28-/m0/s1. The van der Waals surface area contributed by atoms with Crippen LogP contribution in [0.2, 0.25) is 0 Å². The Hall–Kier alpha value is -4.86. The van der Waals surface area contributed by atoms with E-state index in [1.807, 2.05) is 24.3 Å². The highest BCUT2D eigenvalue weighted by atomic mass is 16.7. The van der Waals surface area contributed by atoms with Crippen LogP contribution in [0, 0.1) is 5.41 Å². The molecule has 3 atom stereocenters. The molecule has 0 amide bonds. The molecule has 216 valence electrons. The minimum absolute atomic E-state index is 0.346. The number of hydrogen-bond acceptors (Lipinski definition) is 10. The van der Waals surface area contributed by atoms with Gasteiger partial charge in [0.05, 0.1) is 27.5 Å². The Bertz CT molecular complexity index is 1590. The van der Waals surface area contributed by atoms with Crippen molar-refractivity contribution in [3.8, 4) is 17.2 Å². The summed E-state index contributed by atoms with van der Waals surface area (Å²) in [5, 5.41) is 6.25. The Morgan fingerprint density at radius 1 is 0.857 bits per heavy atom. The van der Waals surface area contributed by atoms with E-state index in [0.717, 1.165) is 0 Å². The fourth-order valence-corrected chi connectivity index (χ4v) is 6.36. The highest BCUT2D eigenvalue weighted by Crippen LogP contribution is 2.63. The topological polar surface area (TPSA) is 113 Å². The van der Waals surface area contributed by atoms with Crippen molar-refractivity contribution in [2.45, 2.75) is 37.6 Å². The number of fused-ring (bicyclic) bond motifs is 4. The molecule has 3 heterocycles. The molecule has 1 spiro atoms. The molecule has 0 bridgehead atoms. The minimum atomic E-state index is -1.99. The van der Waals surface area contributed by atoms with E-state index in [0.29, 0.717) is 39.5 Å². The molecule has 10 nitrogen and oxygen atoms in total. The largest absolute Gasteiger partial charge is 0.497 e. The first kappa shape index (κ1) is 27.3. The van der Waals surface area contributed by atoms with Crippen molar-refractivity contribution < 1.29 is 38.1 Å². The van der Waals surface area contributed by atoms with Crippen LogP contribution in [0.5, 0.6) is 17.2 Å². The maximum absolute atomic E-state index is 14.5. The number of nitrogens with zero attached hydrogens (tertiary/aromatic N) is 2. The van der Waals surface area contributed by atoms with Gasteiger partial charge in [0.25, 0.3) is 5.79 Å². The summed E-state index contributed by atoms with van der Waals surface area (Å²) in [6.45, 7) is 3.00. The molecule has 0 saturated carbocycles. The monoisotopic (exact) mass is 570 g/mol. The number of carbonyl (C=O) groups excluding carboxylic acids is 3. The summed E-state index contributed by atoms with van der Waals surface area (Å²) in [5.41, 5.74) is 0.212. The number of hydrazone groups is 1. The van der Waals surface area contributed by atoms with Crippen molar-refractivity contribution in [2.24, 2.45) is 10.5 Å². The van der Waals surface area contributed by atoms with E-state index in [1.165, 1.54) is 35.2 Å². The Kier molecular flexibility index (Phi) is 6.44. The van der Waals surface area contributed by atoms with Gasteiger partial charge in [0.15, 0.2) is 17.3 Å². The van der Waals surface area contributed by atoms with E-state index in [2.05, 4.69) is 0 Å². The Morgan fingerprint density at radius 2 is 1.52 bits per heavy atom. The Balaban J connectivity index is 1.65. The van der Waals surface area contributed by atoms with Gasteiger partial charge in [-0.25, -0.2) is 0 Å². The zero-order valence-corrected chi connectivity index (χ0v) is 23.8. The lowest BCUT2D eigenvalue weighted by atomic mass is 9.65.